The molecule has 1 atom stereocenters. The number of hydrogen-bond donors (Lipinski definition) is 0. The zero-order chi connectivity index (χ0) is 27.0. The fourth-order valence-electron chi connectivity index (χ4n) is 6.17. The number of piperidine rings is 2. The minimum absolute atomic E-state index is 0.0118. The Balaban J connectivity index is 1.26. The van der Waals surface area contributed by atoms with Crippen LogP contribution in [0.4, 0.5) is 0 Å². The molecule has 0 radical (unpaired) electrons. The second kappa shape index (κ2) is 10.6. The van der Waals surface area contributed by atoms with Gasteiger partial charge in [0.25, 0.3) is 5.91 Å². The highest BCUT2D eigenvalue weighted by molar-refractivity contribution is 7.91. The molecule has 8 nitrogen and oxygen atoms in total. The number of fused-ring (bicyclic) bond motifs is 2. The van der Waals surface area contributed by atoms with E-state index in [4.69, 9.17) is 0 Å². The predicted molar refractivity (Wildman–Crippen MR) is 143 cm³/mol. The van der Waals surface area contributed by atoms with E-state index < -0.39 is 9.84 Å². The summed E-state index contributed by atoms with van der Waals surface area (Å²) in [5, 5.41) is 0. The Bertz CT molecular complexity index is 1360. The van der Waals surface area contributed by atoms with Gasteiger partial charge >= 0.3 is 0 Å². The number of carbonyl (C=O) groups excluding carboxylic acids is 3. The quantitative estimate of drug-likeness (QED) is 0.496. The van der Waals surface area contributed by atoms with Gasteiger partial charge < -0.3 is 9.80 Å². The van der Waals surface area contributed by atoms with Crippen LogP contribution in [0.1, 0.15) is 65.8 Å². The van der Waals surface area contributed by atoms with Crippen molar-refractivity contribution >= 4 is 27.4 Å². The zero-order valence-electron chi connectivity index (χ0n) is 22.1. The van der Waals surface area contributed by atoms with Gasteiger partial charge in [-0.05, 0) is 76.4 Å². The van der Waals surface area contributed by atoms with Crippen molar-refractivity contribution in [3.63, 3.8) is 0 Å². The van der Waals surface area contributed by atoms with Crippen LogP contribution in [0.25, 0.3) is 0 Å². The van der Waals surface area contributed by atoms with Gasteiger partial charge in [0.05, 0.1) is 15.7 Å². The van der Waals surface area contributed by atoms with Crippen molar-refractivity contribution in [3.05, 3.63) is 59.2 Å². The van der Waals surface area contributed by atoms with Gasteiger partial charge in [0.2, 0.25) is 15.7 Å². The van der Waals surface area contributed by atoms with E-state index in [-0.39, 0.29) is 50.0 Å². The maximum absolute atomic E-state index is 13.4. The van der Waals surface area contributed by atoms with E-state index in [0.717, 1.165) is 51.9 Å². The molecular weight excluding hydrogens is 502 g/mol. The molecule has 9 heteroatoms. The summed E-state index contributed by atoms with van der Waals surface area (Å²) in [6.07, 6.45) is 3.56. The van der Waals surface area contributed by atoms with Gasteiger partial charge in [-0.2, -0.15) is 0 Å². The lowest BCUT2D eigenvalue weighted by Crippen LogP contribution is -2.52. The third-order valence-electron chi connectivity index (χ3n) is 8.33. The Hall–Kier alpha value is -3.04. The Morgan fingerprint density at radius 3 is 2.32 bits per heavy atom. The van der Waals surface area contributed by atoms with E-state index in [0.29, 0.717) is 19.1 Å². The highest BCUT2D eigenvalue weighted by atomic mass is 32.2. The highest BCUT2D eigenvalue weighted by Crippen LogP contribution is 2.35. The van der Waals surface area contributed by atoms with Crippen molar-refractivity contribution in [3.8, 4) is 0 Å². The molecule has 2 fully saturated rings. The van der Waals surface area contributed by atoms with Crippen LogP contribution in [0.15, 0.2) is 52.3 Å². The second-order valence-corrected chi connectivity index (χ2v) is 12.3. The van der Waals surface area contributed by atoms with Crippen LogP contribution in [-0.4, -0.2) is 86.0 Å². The Morgan fingerprint density at radius 1 is 0.921 bits per heavy atom. The summed E-state index contributed by atoms with van der Waals surface area (Å²) in [4.78, 5) is 45.2. The third kappa shape index (κ3) is 4.66. The van der Waals surface area contributed by atoms with Crippen molar-refractivity contribution in [2.24, 2.45) is 5.92 Å². The van der Waals surface area contributed by atoms with E-state index in [9.17, 15) is 22.8 Å². The molecule has 2 aromatic carbocycles. The van der Waals surface area contributed by atoms with E-state index in [2.05, 4.69) is 4.90 Å². The molecule has 0 aromatic heterocycles. The van der Waals surface area contributed by atoms with E-state index in [1.165, 1.54) is 24.3 Å². The lowest BCUT2D eigenvalue weighted by molar-refractivity contribution is -0.137. The largest absolute Gasteiger partial charge is 0.343 e. The number of carbonyl (C=O) groups is 3. The van der Waals surface area contributed by atoms with Crippen LogP contribution in [0.3, 0.4) is 0 Å². The first kappa shape index (κ1) is 26.6. The first-order valence-electron chi connectivity index (χ1n) is 13.6. The van der Waals surface area contributed by atoms with Crippen molar-refractivity contribution in [1.29, 1.82) is 0 Å². The first-order chi connectivity index (χ1) is 18.3. The van der Waals surface area contributed by atoms with Crippen LogP contribution in [0, 0.1) is 5.92 Å². The van der Waals surface area contributed by atoms with Crippen molar-refractivity contribution in [2.75, 3.05) is 39.3 Å². The number of rotatable bonds is 5. The van der Waals surface area contributed by atoms with Gasteiger partial charge in [-0.1, -0.05) is 12.1 Å². The number of nitrogens with zero attached hydrogens (tertiary/aromatic N) is 3. The molecule has 0 bridgehead atoms. The molecule has 38 heavy (non-hydrogen) atoms. The number of hydrogen-bond acceptors (Lipinski definition) is 6. The summed E-state index contributed by atoms with van der Waals surface area (Å²) in [6, 6.07) is 10.9. The molecule has 0 saturated carbocycles. The molecule has 2 aromatic rings. The number of likely N-dealkylation sites (tertiary alicyclic amines) is 2. The van der Waals surface area contributed by atoms with Crippen molar-refractivity contribution in [1.82, 2.24) is 14.7 Å². The highest BCUT2D eigenvalue weighted by Gasteiger charge is 2.37. The lowest BCUT2D eigenvalue weighted by Gasteiger charge is -2.42. The van der Waals surface area contributed by atoms with Gasteiger partial charge in [0, 0.05) is 55.5 Å². The molecule has 3 aliphatic rings. The SMILES string of the molecule is CCN(CC)C(=O)C1CCCN(C2CCN(C(=O)c3ccc4c(c3)S(=O)(=O)c3ccccc3C4=O)CC2)C1. The molecule has 2 amide bonds. The molecule has 0 N–H and O–H groups in total. The van der Waals surface area contributed by atoms with Gasteiger partial charge in [0.15, 0.2) is 5.78 Å². The van der Waals surface area contributed by atoms with E-state index in [1.54, 1.807) is 23.1 Å². The standard InChI is InChI=1S/C29H35N3O5S/c1-3-30(4-2)29(35)21-8-7-15-32(19-21)22-13-16-31(17-14-22)28(34)20-11-12-24-26(18-20)38(36,37)25-10-6-5-9-23(25)27(24)33/h5-6,9-12,18,21-22H,3-4,7-8,13-17,19H2,1-2H3. The van der Waals surface area contributed by atoms with Gasteiger partial charge in [0.1, 0.15) is 0 Å². The Labute approximate surface area is 224 Å². The molecule has 3 heterocycles. The summed E-state index contributed by atoms with van der Waals surface area (Å²) in [7, 11) is -3.90. The second-order valence-electron chi connectivity index (χ2n) is 10.4. The Kier molecular flexibility index (Phi) is 7.42. The summed E-state index contributed by atoms with van der Waals surface area (Å²) in [5.74, 6) is -0.282. The molecule has 202 valence electrons. The van der Waals surface area contributed by atoms with Crippen LogP contribution in [0.2, 0.25) is 0 Å². The molecule has 3 aliphatic heterocycles. The minimum atomic E-state index is -3.90. The molecule has 0 spiro atoms. The predicted octanol–water partition coefficient (Wildman–Crippen LogP) is 3.25. The molecule has 1 unspecified atom stereocenters. The van der Waals surface area contributed by atoms with E-state index in [1.807, 2.05) is 18.7 Å². The number of ketones is 1. The molecular formula is C29H35N3O5S. The average Bonchev–Trinajstić information content (AvgIpc) is 2.96. The monoisotopic (exact) mass is 537 g/mol. The van der Waals surface area contributed by atoms with Gasteiger partial charge in [-0.15, -0.1) is 0 Å². The van der Waals surface area contributed by atoms with Gasteiger partial charge in [-0.25, -0.2) is 8.42 Å². The first-order valence-corrected chi connectivity index (χ1v) is 15.1. The summed E-state index contributed by atoms with van der Waals surface area (Å²) in [6.45, 7) is 8.38. The summed E-state index contributed by atoms with van der Waals surface area (Å²) in [5.41, 5.74) is 0.554. The summed E-state index contributed by atoms with van der Waals surface area (Å²) >= 11 is 0. The summed E-state index contributed by atoms with van der Waals surface area (Å²) < 4.78 is 26.5. The van der Waals surface area contributed by atoms with Crippen molar-refractivity contribution in [2.45, 2.75) is 55.4 Å². The van der Waals surface area contributed by atoms with Crippen LogP contribution < -0.4 is 0 Å². The fourth-order valence-corrected chi connectivity index (χ4v) is 7.84. The number of benzene rings is 2. The Morgan fingerprint density at radius 2 is 1.61 bits per heavy atom. The van der Waals surface area contributed by atoms with Crippen LogP contribution >= 0.6 is 0 Å². The lowest BCUT2D eigenvalue weighted by atomic mass is 9.92. The van der Waals surface area contributed by atoms with Crippen LogP contribution in [0.5, 0.6) is 0 Å². The normalized spacial score (nSPS) is 21.5. The third-order valence-corrected chi connectivity index (χ3v) is 10.2. The maximum atomic E-state index is 13.4. The minimum Gasteiger partial charge on any atom is -0.343 e. The smallest absolute Gasteiger partial charge is 0.253 e. The topological polar surface area (TPSA) is 95.1 Å². The van der Waals surface area contributed by atoms with Crippen molar-refractivity contribution < 1.29 is 22.8 Å². The zero-order valence-corrected chi connectivity index (χ0v) is 22.9. The van der Waals surface area contributed by atoms with Crippen LogP contribution in [-0.2, 0) is 14.6 Å². The molecule has 5 rings (SSSR count). The number of amides is 2. The molecule has 0 aliphatic carbocycles. The maximum Gasteiger partial charge on any atom is 0.253 e. The average molecular weight is 538 g/mol. The number of sulfone groups is 1. The van der Waals surface area contributed by atoms with Gasteiger partial charge in [-0.3, -0.25) is 19.3 Å². The fraction of sp³-hybridized carbons (Fsp3) is 0.483. The van der Waals surface area contributed by atoms with E-state index >= 15 is 0 Å². The molecule has 2 saturated heterocycles.